The fraction of sp³-hybridized carbons (Fsp3) is 0.0667. The molecule has 1 heterocycles. The molecular weight excluding hydrogens is 391 g/mol. The van der Waals surface area contributed by atoms with Gasteiger partial charge in [0.25, 0.3) is 5.56 Å². The highest BCUT2D eigenvalue weighted by atomic mass is 79.9. The molecule has 0 amide bonds. The number of benzene rings is 2. The molecular formula is C15H9BrCl2N2O2. The average molecular weight is 400 g/mol. The third kappa shape index (κ3) is 2.72. The number of rotatable bonds is 2. The Bertz CT molecular complexity index is 995. The monoisotopic (exact) mass is 398 g/mol. The molecule has 0 fully saturated rings. The van der Waals surface area contributed by atoms with Gasteiger partial charge in [0, 0.05) is 9.50 Å². The van der Waals surface area contributed by atoms with E-state index in [1.165, 1.54) is 12.1 Å². The number of fused-ring (bicyclic) bond motifs is 1. The Morgan fingerprint density at radius 2 is 1.86 bits per heavy atom. The molecule has 0 spiro atoms. The van der Waals surface area contributed by atoms with Gasteiger partial charge in [0.15, 0.2) is 0 Å². The maximum Gasteiger partial charge on any atom is 0.329 e. The highest BCUT2D eigenvalue weighted by Crippen LogP contribution is 2.23. The van der Waals surface area contributed by atoms with Gasteiger partial charge in [-0.2, -0.15) is 0 Å². The second-order valence-electron chi connectivity index (χ2n) is 4.72. The predicted molar refractivity (Wildman–Crippen MR) is 92.1 cm³/mol. The second kappa shape index (κ2) is 5.91. The van der Waals surface area contributed by atoms with Gasteiger partial charge in [0.2, 0.25) is 0 Å². The molecule has 2 aromatic carbocycles. The van der Waals surface area contributed by atoms with Crippen LogP contribution in [0.2, 0.25) is 10.0 Å². The van der Waals surface area contributed by atoms with Gasteiger partial charge in [-0.15, -0.1) is 0 Å². The Hall–Kier alpha value is -1.56. The largest absolute Gasteiger partial charge is 0.329 e. The van der Waals surface area contributed by atoms with Gasteiger partial charge in [-0.1, -0.05) is 57.3 Å². The highest BCUT2D eigenvalue weighted by Gasteiger charge is 2.13. The summed E-state index contributed by atoms with van der Waals surface area (Å²) in [5.74, 6) is 0. The normalized spacial score (nSPS) is 11.0. The van der Waals surface area contributed by atoms with E-state index in [0.29, 0.717) is 10.5 Å². The number of aromatic nitrogens is 2. The summed E-state index contributed by atoms with van der Waals surface area (Å²) in [6.45, 7) is 0.143. The number of hydrogen-bond acceptors (Lipinski definition) is 2. The maximum absolute atomic E-state index is 12.6. The zero-order chi connectivity index (χ0) is 15.9. The van der Waals surface area contributed by atoms with E-state index in [0.717, 1.165) is 14.6 Å². The number of nitrogens with zero attached hydrogens (tertiary/aromatic N) is 1. The summed E-state index contributed by atoms with van der Waals surface area (Å²) in [4.78, 5) is 27.4. The first-order valence-electron chi connectivity index (χ1n) is 6.32. The Kier molecular flexibility index (Phi) is 4.12. The van der Waals surface area contributed by atoms with Gasteiger partial charge in [0.1, 0.15) is 0 Å². The molecule has 0 aliphatic heterocycles. The summed E-state index contributed by atoms with van der Waals surface area (Å²) < 4.78 is 1.94. The summed E-state index contributed by atoms with van der Waals surface area (Å²) in [6, 6.07) is 10.4. The molecule has 22 heavy (non-hydrogen) atoms. The Morgan fingerprint density at radius 3 is 2.59 bits per heavy atom. The van der Waals surface area contributed by atoms with Crippen LogP contribution < -0.4 is 11.2 Å². The van der Waals surface area contributed by atoms with E-state index in [9.17, 15) is 9.59 Å². The fourth-order valence-corrected chi connectivity index (χ4v) is 3.22. The molecule has 0 aliphatic carbocycles. The molecule has 7 heteroatoms. The van der Waals surface area contributed by atoms with Crippen molar-refractivity contribution in [3.05, 3.63) is 77.3 Å². The molecule has 0 atom stereocenters. The van der Waals surface area contributed by atoms with Crippen molar-refractivity contribution in [3.8, 4) is 0 Å². The molecule has 0 saturated heterocycles. The third-order valence-corrected chi connectivity index (χ3v) is 4.58. The van der Waals surface area contributed by atoms with E-state index in [4.69, 9.17) is 23.2 Å². The maximum atomic E-state index is 12.6. The average Bonchev–Trinajstić information content (AvgIpc) is 2.44. The highest BCUT2D eigenvalue weighted by molar-refractivity contribution is 9.10. The van der Waals surface area contributed by atoms with E-state index in [-0.39, 0.29) is 17.0 Å². The first kappa shape index (κ1) is 15.3. The van der Waals surface area contributed by atoms with Crippen LogP contribution in [0.4, 0.5) is 0 Å². The Morgan fingerprint density at radius 1 is 1.14 bits per heavy atom. The Balaban J connectivity index is 2.26. The van der Waals surface area contributed by atoms with Crippen LogP contribution in [0.1, 0.15) is 5.56 Å². The molecule has 1 N–H and O–H groups in total. The van der Waals surface area contributed by atoms with Gasteiger partial charge in [-0.3, -0.25) is 9.36 Å². The lowest BCUT2D eigenvalue weighted by Gasteiger charge is -2.09. The van der Waals surface area contributed by atoms with Crippen LogP contribution in [0.25, 0.3) is 10.9 Å². The molecule has 3 aromatic rings. The van der Waals surface area contributed by atoms with Crippen LogP contribution in [0, 0.1) is 0 Å². The number of nitrogens with one attached hydrogen (secondary N) is 1. The van der Waals surface area contributed by atoms with Gasteiger partial charge >= 0.3 is 5.69 Å². The predicted octanol–water partition coefficient (Wildman–Crippen LogP) is 3.81. The van der Waals surface area contributed by atoms with E-state index >= 15 is 0 Å². The summed E-state index contributed by atoms with van der Waals surface area (Å²) in [7, 11) is 0. The second-order valence-corrected chi connectivity index (χ2v) is 6.42. The standard InChI is InChI=1S/C15H9BrCl2N2O2/c16-10-4-2-1-3-8(10)7-20-14(21)13-11(18)5-9(17)6-12(13)19-15(20)22/h1-6H,7H2,(H,19,22). The van der Waals surface area contributed by atoms with Crippen molar-refractivity contribution < 1.29 is 0 Å². The smallest absolute Gasteiger partial charge is 0.307 e. The first-order chi connectivity index (χ1) is 10.5. The van der Waals surface area contributed by atoms with E-state index in [2.05, 4.69) is 20.9 Å². The van der Waals surface area contributed by atoms with Gasteiger partial charge in [-0.05, 0) is 23.8 Å². The van der Waals surface area contributed by atoms with Crippen molar-refractivity contribution in [2.45, 2.75) is 6.54 Å². The van der Waals surface area contributed by atoms with Crippen molar-refractivity contribution in [1.82, 2.24) is 9.55 Å². The van der Waals surface area contributed by atoms with Gasteiger partial charge in [0.05, 0.1) is 22.5 Å². The third-order valence-electron chi connectivity index (χ3n) is 3.29. The van der Waals surface area contributed by atoms with Crippen molar-refractivity contribution in [2.75, 3.05) is 0 Å². The summed E-state index contributed by atoms with van der Waals surface area (Å²) in [6.07, 6.45) is 0. The van der Waals surface area contributed by atoms with E-state index in [1.807, 2.05) is 24.3 Å². The molecule has 3 rings (SSSR count). The van der Waals surface area contributed by atoms with Crippen molar-refractivity contribution in [2.24, 2.45) is 0 Å². The zero-order valence-electron chi connectivity index (χ0n) is 11.1. The van der Waals surface area contributed by atoms with Crippen LogP contribution in [0.15, 0.2) is 50.5 Å². The lowest BCUT2D eigenvalue weighted by atomic mass is 10.2. The quantitative estimate of drug-likeness (QED) is 0.712. The molecule has 4 nitrogen and oxygen atoms in total. The fourth-order valence-electron chi connectivity index (χ4n) is 2.24. The number of hydrogen-bond donors (Lipinski definition) is 1. The van der Waals surface area contributed by atoms with Crippen LogP contribution in [0.3, 0.4) is 0 Å². The van der Waals surface area contributed by atoms with Gasteiger partial charge < -0.3 is 4.98 Å². The lowest BCUT2D eigenvalue weighted by molar-refractivity contribution is 0.710. The molecule has 0 unspecified atom stereocenters. The molecule has 0 radical (unpaired) electrons. The minimum atomic E-state index is -0.508. The van der Waals surface area contributed by atoms with Gasteiger partial charge in [-0.25, -0.2) is 4.79 Å². The van der Waals surface area contributed by atoms with Crippen molar-refractivity contribution >= 4 is 50.0 Å². The SMILES string of the molecule is O=c1[nH]c2cc(Cl)cc(Cl)c2c(=O)n1Cc1ccccc1Br. The molecule has 112 valence electrons. The molecule has 1 aromatic heterocycles. The van der Waals surface area contributed by atoms with E-state index < -0.39 is 11.2 Å². The number of halogens is 3. The summed E-state index contributed by atoms with van der Waals surface area (Å²) >= 11 is 15.4. The van der Waals surface area contributed by atoms with Crippen LogP contribution >= 0.6 is 39.1 Å². The lowest BCUT2D eigenvalue weighted by Crippen LogP contribution is -2.35. The Labute approximate surface area is 143 Å². The summed E-state index contributed by atoms with van der Waals surface area (Å²) in [5.41, 5.74) is 0.193. The molecule has 0 aliphatic rings. The molecule has 0 bridgehead atoms. The minimum absolute atomic E-state index is 0.143. The first-order valence-corrected chi connectivity index (χ1v) is 7.87. The number of H-pyrrole nitrogens is 1. The number of aromatic amines is 1. The van der Waals surface area contributed by atoms with Crippen LogP contribution in [-0.4, -0.2) is 9.55 Å². The van der Waals surface area contributed by atoms with Crippen molar-refractivity contribution in [1.29, 1.82) is 0 Å². The van der Waals surface area contributed by atoms with Crippen LogP contribution in [-0.2, 0) is 6.54 Å². The van der Waals surface area contributed by atoms with E-state index in [1.54, 1.807) is 0 Å². The summed E-state index contributed by atoms with van der Waals surface area (Å²) in [5, 5.41) is 0.818. The van der Waals surface area contributed by atoms with Crippen molar-refractivity contribution in [3.63, 3.8) is 0 Å². The zero-order valence-corrected chi connectivity index (χ0v) is 14.2. The minimum Gasteiger partial charge on any atom is -0.307 e. The topological polar surface area (TPSA) is 54.9 Å². The van der Waals surface area contributed by atoms with Crippen LogP contribution in [0.5, 0.6) is 0 Å². The molecule has 0 saturated carbocycles.